The molecule has 158 valence electrons. The Balaban J connectivity index is 1.49. The van der Waals surface area contributed by atoms with Gasteiger partial charge in [-0.2, -0.15) is 0 Å². The minimum absolute atomic E-state index is 0.0218. The molecule has 2 aromatic carbocycles. The molecule has 0 aliphatic heterocycles. The number of methoxy groups -OCH3 is 1. The molecule has 4 aromatic rings. The zero-order valence-electron chi connectivity index (χ0n) is 17.9. The fraction of sp³-hybridized carbons (Fsp3) is 0.208. The van der Waals surface area contributed by atoms with Crippen LogP contribution in [0.25, 0.3) is 17.1 Å². The fourth-order valence-electron chi connectivity index (χ4n) is 3.54. The Morgan fingerprint density at radius 1 is 1.06 bits per heavy atom. The number of hydrogen-bond acceptors (Lipinski definition) is 6. The van der Waals surface area contributed by atoms with Gasteiger partial charge in [-0.15, -0.1) is 10.2 Å². The highest BCUT2D eigenvalue weighted by Gasteiger charge is 2.19. The van der Waals surface area contributed by atoms with Crippen LogP contribution in [0.3, 0.4) is 0 Å². The van der Waals surface area contributed by atoms with Crippen LogP contribution in [0.15, 0.2) is 64.2 Å². The molecular weight excluding hydrogens is 410 g/mol. The van der Waals surface area contributed by atoms with E-state index in [1.807, 2.05) is 44.2 Å². The van der Waals surface area contributed by atoms with Crippen LogP contribution in [0.5, 0.6) is 5.75 Å². The summed E-state index contributed by atoms with van der Waals surface area (Å²) in [5.41, 5.74) is 5.61. The summed E-state index contributed by atoms with van der Waals surface area (Å²) in [6, 6.07) is 17.6. The van der Waals surface area contributed by atoms with E-state index in [9.17, 15) is 4.79 Å². The van der Waals surface area contributed by atoms with Gasteiger partial charge in [-0.1, -0.05) is 41.6 Å². The number of nitrogens with zero attached hydrogens (tertiary/aromatic N) is 3. The van der Waals surface area contributed by atoms with Gasteiger partial charge in [0, 0.05) is 22.6 Å². The number of aromatic nitrogens is 3. The number of Topliss-reactive ketones (excluding diaryl/α,β-unsaturated/α-hetero) is 1. The third-order valence-electron chi connectivity index (χ3n) is 5.09. The summed E-state index contributed by atoms with van der Waals surface area (Å²) < 4.78 is 13.2. The minimum atomic E-state index is 0.0218. The van der Waals surface area contributed by atoms with Crippen molar-refractivity contribution in [2.24, 2.45) is 0 Å². The molecule has 0 saturated heterocycles. The molecule has 0 radical (unpaired) electrons. The third-order valence-corrected chi connectivity index (χ3v) is 5.91. The Bertz CT molecular complexity index is 1230. The predicted molar refractivity (Wildman–Crippen MR) is 121 cm³/mol. The van der Waals surface area contributed by atoms with Crippen molar-refractivity contribution in [2.75, 3.05) is 12.9 Å². The molecule has 31 heavy (non-hydrogen) atoms. The summed E-state index contributed by atoms with van der Waals surface area (Å²) in [5, 5.41) is 8.51. The molecule has 0 aliphatic rings. The molecule has 7 heteroatoms. The summed E-state index contributed by atoms with van der Waals surface area (Å²) in [6.07, 6.45) is 0. The first kappa shape index (κ1) is 20.9. The Morgan fingerprint density at radius 2 is 1.81 bits per heavy atom. The monoisotopic (exact) mass is 433 g/mol. The van der Waals surface area contributed by atoms with Crippen LogP contribution in [-0.2, 0) is 0 Å². The van der Waals surface area contributed by atoms with Crippen molar-refractivity contribution in [2.45, 2.75) is 26.0 Å². The van der Waals surface area contributed by atoms with Gasteiger partial charge < -0.3 is 13.7 Å². The zero-order valence-corrected chi connectivity index (χ0v) is 18.7. The topological polar surface area (TPSA) is 70.2 Å². The van der Waals surface area contributed by atoms with Gasteiger partial charge in [0.15, 0.2) is 5.78 Å². The molecule has 6 nitrogen and oxygen atoms in total. The molecule has 0 unspecified atom stereocenters. The van der Waals surface area contributed by atoms with Gasteiger partial charge in [0.05, 0.1) is 18.4 Å². The van der Waals surface area contributed by atoms with Gasteiger partial charge in [-0.25, -0.2) is 0 Å². The van der Waals surface area contributed by atoms with Crippen LogP contribution in [0, 0.1) is 20.8 Å². The van der Waals surface area contributed by atoms with Crippen LogP contribution in [0.2, 0.25) is 0 Å². The molecule has 0 N–H and O–H groups in total. The van der Waals surface area contributed by atoms with Gasteiger partial charge in [-0.05, 0) is 51.1 Å². The fourth-order valence-corrected chi connectivity index (χ4v) is 4.19. The Morgan fingerprint density at radius 3 is 2.55 bits per heavy atom. The smallest absolute Gasteiger partial charge is 0.277 e. The summed E-state index contributed by atoms with van der Waals surface area (Å²) in [7, 11) is 1.59. The van der Waals surface area contributed by atoms with Gasteiger partial charge in [0.2, 0.25) is 0 Å². The molecule has 2 heterocycles. The number of benzene rings is 2. The second kappa shape index (κ2) is 8.81. The van der Waals surface area contributed by atoms with Crippen LogP contribution >= 0.6 is 11.8 Å². The Kier molecular flexibility index (Phi) is 5.95. The van der Waals surface area contributed by atoms with Crippen molar-refractivity contribution in [3.63, 3.8) is 0 Å². The van der Waals surface area contributed by atoms with Gasteiger partial charge >= 0.3 is 0 Å². The summed E-state index contributed by atoms with van der Waals surface area (Å²) in [6.45, 7) is 6.04. The lowest BCUT2D eigenvalue weighted by atomic mass is 10.2. The van der Waals surface area contributed by atoms with E-state index in [2.05, 4.69) is 46.0 Å². The van der Waals surface area contributed by atoms with E-state index in [1.54, 1.807) is 7.11 Å². The lowest BCUT2D eigenvalue weighted by Gasteiger charge is -2.10. The lowest BCUT2D eigenvalue weighted by Crippen LogP contribution is -2.05. The number of carbonyl (C=O) groups excluding carboxylic acids is 1. The molecule has 0 spiro atoms. The average molecular weight is 434 g/mol. The highest BCUT2D eigenvalue weighted by Crippen LogP contribution is 2.31. The number of hydrogen-bond donors (Lipinski definition) is 0. The van der Waals surface area contributed by atoms with E-state index >= 15 is 0 Å². The molecule has 0 bridgehead atoms. The van der Waals surface area contributed by atoms with E-state index in [-0.39, 0.29) is 11.5 Å². The van der Waals surface area contributed by atoms with Crippen molar-refractivity contribution >= 4 is 17.5 Å². The van der Waals surface area contributed by atoms with Crippen molar-refractivity contribution in [3.05, 3.63) is 77.1 Å². The molecule has 4 rings (SSSR count). The van der Waals surface area contributed by atoms with Crippen molar-refractivity contribution in [1.29, 1.82) is 0 Å². The van der Waals surface area contributed by atoms with E-state index in [0.29, 0.717) is 22.4 Å². The number of ketones is 1. The largest absolute Gasteiger partial charge is 0.496 e. The SMILES string of the molecule is COc1ccccc1-c1nnc(SCC(=O)c2cc(C)n(-c3ccc(C)cc3)c2C)o1. The summed E-state index contributed by atoms with van der Waals surface area (Å²) in [5.74, 6) is 1.26. The first-order valence-corrected chi connectivity index (χ1v) is 10.9. The number of para-hydroxylation sites is 1. The average Bonchev–Trinajstić information content (AvgIpc) is 3.37. The van der Waals surface area contributed by atoms with Crippen molar-refractivity contribution in [1.82, 2.24) is 14.8 Å². The maximum Gasteiger partial charge on any atom is 0.277 e. The van der Waals surface area contributed by atoms with Crippen molar-refractivity contribution < 1.29 is 13.9 Å². The minimum Gasteiger partial charge on any atom is -0.496 e. The normalized spacial score (nSPS) is 11.0. The van der Waals surface area contributed by atoms with Crippen LogP contribution in [-0.4, -0.2) is 33.4 Å². The highest BCUT2D eigenvalue weighted by molar-refractivity contribution is 7.99. The number of aryl methyl sites for hydroxylation is 2. The lowest BCUT2D eigenvalue weighted by molar-refractivity contribution is 0.102. The number of carbonyl (C=O) groups is 1. The summed E-state index contributed by atoms with van der Waals surface area (Å²) in [4.78, 5) is 12.9. The predicted octanol–water partition coefficient (Wildman–Crippen LogP) is 5.44. The molecular formula is C24H23N3O3S. The molecule has 0 atom stereocenters. The van der Waals surface area contributed by atoms with E-state index in [4.69, 9.17) is 9.15 Å². The van der Waals surface area contributed by atoms with Crippen LogP contribution in [0.1, 0.15) is 27.3 Å². The standard InChI is InChI=1S/C24H23N3O3S/c1-15-9-11-18(12-10-15)27-16(2)13-20(17(27)3)21(28)14-31-24-26-25-23(30-24)19-7-5-6-8-22(19)29-4/h5-13H,14H2,1-4H3. The molecule has 0 fully saturated rings. The number of thioether (sulfide) groups is 1. The quantitative estimate of drug-likeness (QED) is 0.286. The number of ether oxygens (including phenoxy) is 1. The van der Waals surface area contributed by atoms with Crippen molar-refractivity contribution in [3.8, 4) is 22.9 Å². The first-order valence-electron chi connectivity index (χ1n) is 9.87. The third kappa shape index (κ3) is 4.27. The van der Waals surface area contributed by atoms with Gasteiger partial charge in [0.1, 0.15) is 5.75 Å². The van der Waals surface area contributed by atoms with E-state index in [0.717, 1.165) is 22.6 Å². The van der Waals surface area contributed by atoms with Crippen LogP contribution < -0.4 is 4.74 Å². The second-order valence-corrected chi connectivity index (χ2v) is 8.17. The first-order chi connectivity index (χ1) is 15.0. The molecule has 2 aromatic heterocycles. The molecule has 0 aliphatic carbocycles. The Labute approximate surface area is 185 Å². The van der Waals surface area contributed by atoms with Crippen LogP contribution in [0.4, 0.5) is 0 Å². The maximum atomic E-state index is 12.9. The second-order valence-electron chi connectivity index (χ2n) is 7.24. The van der Waals surface area contributed by atoms with E-state index < -0.39 is 0 Å². The summed E-state index contributed by atoms with van der Waals surface area (Å²) >= 11 is 1.23. The zero-order chi connectivity index (χ0) is 22.0. The molecule has 0 amide bonds. The maximum absolute atomic E-state index is 12.9. The van der Waals surface area contributed by atoms with E-state index in [1.165, 1.54) is 17.3 Å². The van der Waals surface area contributed by atoms with Gasteiger partial charge in [-0.3, -0.25) is 4.79 Å². The van der Waals surface area contributed by atoms with Gasteiger partial charge in [0.25, 0.3) is 11.1 Å². The molecule has 0 saturated carbocycles. The Hall–Kier alpha value is -3.32. The number of rotatable bonds is 7. The highest BCUT2D eigenvalue weighted by atomic mass is 32.2.